The van der Waals surface area contributed by atoms with Gasteiger partial charge in [0.1, 0.15) is 0 Å². The Bertz CT molecular complexity index is 443. The van der Waals surface area contributed by atoms with Crippen LogP contribution in [0.15, 0.2) is 0 Å². The van der Waals surface area contributed by atoms with Crippen LogP contribution in [0.4, 0.5) is 0 Å². The lowest BCUT2D eigenvalue weighted by atomic mass is 9.82. The standard InChI is InChI=1S/C27H52O4/c1-6-10-12-14-15-16-17-18-19-21-23-30-25(28)27(8-3,9-4)26(29)31-24(5)22-20-13-11-7-2/h24H,6-23H2,1-5H3. The predicted molar refractivity (Wildman–Crippen MR) is 130 cm³/mol. The lowest BCUT2D eigenvalue weighted by Crippen LogP contribution is -2.42. The topological polar surface area (TPSA) is 52.6 Å². The fraction of sp³-hybridized carbons (Fsp3) is 0.926. The average molecular weight is 441 g/mol. The molecule has 0 aromatic carbocycles. The van der Waals surface area contributed by atoms with Crippen molar-refractivity contribution in [3.63, 3.8) is 0 Å². The van der Waals surface area contributed by atoms with Gasteiger partial charge in [0.05, 0.1) is 12.7 Å². The fourth-order valence-corrected chi connectivity index (χ4v) is 4.02. The number of hydrogen-bond acceptors (Lipinski definition) is 4. The van der Waals surface area contributed by atoms with Crippen LogP contribution in [0.1, 0.15) is 144 Å². The van der Waals surface area contributed by atoms with Gasteiger partial charge in [-0.15, -0.1) is 0 Å². The Morgan fingerprint density at radius 2 is 1.10 bits per heavy atom. The van der Waals surface area contributed by atoms with Gasteiger partial charge >= 0.3 is 11.9 Å². The lowest BCUT2D eigenvalue weighted by Gasteiger charge is -2.28. The Hall–Kier alpha value is -1.06. The molecule has 0 spiro atoms. The van der Waals surface area contributed by atoms with Crippen LogP contribution >= 0.6 is 0 Å². The second kappa shape index (κ2) is 19.6. The average Bonchev–Trinajstić information content (AvgIpc) is 2.76. The molecule has 0 rings (SSSR count). The van der Waals surface area contributed by atoms with E-state index < -0.39 is 17.4 Å². The highest BCUT2D eigenvalue weighted by Crippen LogP contribution is 2.31. The molecule has 4 heteroatoms. The molecule has 0 N–H and O–H groups in total. The number of unbranched alkanes of at least 4 members (excludes halogenated alkanes) is 12. The van der Waals surface area contributed by atoms with Crippen molar-refractivity contribution >= 4 is 11.9 Å². The molecule has 0 fully saturated rings. The van der Waals surface area contributed by atoms with Crippen molar-refractivity contribution < 1.29 is 19.1 Å². The Balaban J connectivity index is 4.19. The summed E-state index contributed by atoms with van der Waals surface area (Å²) >= 11 is 0. The maximum Gasteiger partial charge on any atom is 0.323 e. The van der Waals surface area contributed by atoms with E-state index in [1.54, 1.807) is 0 Å². The van der Waals surface area contributed by atoms with Crippen LogP contribution in [0, 0.1) is 5.41 Å². The van der Waals surface area contributed by atoms with Crippen LogP contribution < -0.4 is 0 Å². The van der Waals surface area contributed by atoms with Crippen LogP contribution in [-0.4, -0.2) is 24.6 Å². The van der Waals surface area contributed by atoms with Crippen molar-refractivity contribution in [1.29, 1.82) is 0 Å². The third kappa shape index (κ3) is 13.2. The predicted octanol–water partition coefficient (Wildman–Crippen LogP) is 8.16. The van der Waals surface area contributed by atoms with Gasteiger partial charge in [0.15, 0.2) is 5.41 Å². The summed E-state index contributed by atoms with van der Waals surface area (Å²) < 4.78 is 11.2. The van der Waals surface area contributed by atoms with Gasteiger partial charge in [0.25, 0.3) is 0 Å². The van der Waals surface area contributed by atoms with E-state index in [1.165, 1.54) is 64.2 Å². The van der Waals surface area contributed by atoms with E-state index in [1.807, 2.05) is 20.8 Å². The highest BCUT2D eigenvalue weighted by Gasteiger charge is 2.46. The molecule has 0 amide bonds. The summed E-state index contributed by atoms with van der Waals surface area (Å²) in [7, 11) is 0. The van der Waals surface area contributed by atoms with Gasteiger partial charge in [-0.25, -0.2) is 0 Å². The van der Waals surface area contributed by atoms with E-state index in [-0.39, 0.29) is 6.10 Å². The van der Waals surface area contributed by atoms with Crippen molar-refractivity contribution in [2.45, 2.75) is 150 Å². The number of carbonyl (C=O) groups excluding carboxylic acids is 2. The van der Waals surface area contributed by atoms with Crippen LogP contribution in [-0.2, 0) is 19.1 Å². The lowest BCUT2D eigenvalue weighted by molar-refractivity contribution is -0.176. The summed E-state index contributed by atoms with van der Waals surface area (Å²) in [4.78, 5) is 25.6. The summed E-state index contributed by atoms with van der Waals surface area (Å²) in [5.74, 6) is -0.815. The quantitative estimate of drug-likeness (QED) is 0.103. The fourth-order valence-electron chi connectivity index (χ4n) is 4.02. The summed E-state index contributed by atoms with van der Waals surface area (Å²) in [6.07, 6.45) is 18.6. The molecule has 0 aliphatic carbocycles. The van der Waals surface area contributed by atoms with Crippen molar-refractivity contribution in [1.82, 2.24) is 0 Å². The maximum atomic E-state index is 12.8. The zero-order valence-electron chi connectivity index (χ0n) is 21.4. The number of rotatable bonds is 21. The molecule has 0 heterocycles. The first kappa shape index (κ1) is 29.9. The van der Waals surface area contributed by atoms with Gasteiger partial charge in [0, 0.05) is 0 Å². The van der Waals surface area contributed by atoms with Gasteiger partial charge in [0.2, 0.25) is 0 Å². The van der Waals surface area contributed by atoms with Crippen molar-refractivity contribution in [3.05, 3.63) is 0 Å². The molecule has 0 saturated heterocycles. The molecule has 0 aliphatic rings. The molecule has 0 bridgehead atoms. The Labute approximate surface area is 193 Å². The third-order valence-electron chi connectivity index (χ3n) is 6.49. The molecule has 1 unspecified atom stereocenters. The maximum absolute atomic E-state index is 12.8. The summed E-state index contributed by atoms with van der Waals surface area (Å²) in [5, 5.41) is 0. The molecule has 0 saturated carbocycles. The molecule has 0 radical (unpaired) electrons. The first-order valence-corrected chi connectivity index (χ1v) is 13.4. The Morgan fingerprint density at radius 1 is 0.645 bits per heavy atom. The Morgan fingerprint density at radius 3 is 1.58 bits per heavy atom. The molecule has 0 aliphatic heterocycles. The first-order chi connectivity index (χ1) is 15.0. The molecule has 1 atom stereocenters. The van der Waals surface area contributed by atoms with Crippen LogP contribution in [0.2, 0.25) is 0 Å². The van der Waals surface area contributed by atoms with E-state index in [0.29, 0.717) is 19.4 Å². The zero-order valence-corrected chi connectivity index (χ0v) is 21.4. The van der Waals surface area contributed by atoms with Gasteiger partial charge < -0.3 is 9.47 Å². The van der Waals surface area contributed by atoms with Crippen LogP contribution in [0.5, 0.6) is 0 Å². The number of carbonyl (C=O) groups is 2. The summed E-state index contributed by atoms with van der Waals surface area (Å²) in [6.45, 7) is 10.5. The highest BCUT2D eigenvalue weighted by molar-refractivity contribution is 6.00. The normalized spacial score (nSPS) is 12.5. The van der Waals surface area contributed by atoms with Crippen LogP contribution in [0.3, 0.4) is 0 Å². The molecular weight excluding hydrogens is 388 g/mol. The van der Waals surface area contributed by atoms with Gasteiger partial charge in [-0.2, -0.15) is 0 Å². The van der Waals surface area contributed by atoms with E-state index in [2.05, 4.69) is 13.8 Å². The van der Waals surface area contributed by atoms with Crippen molar-refractivity contribution in [2.24, 2.45) is 5.41 Å². The second-order valence-corrected chi connectivity index (χ2v) is 9.17. The molecule has 0 aromatic rings. The zero-order chi connectivity index (χ0) is 23.4. The Kier molecular flexibility index (Phi) is 18.9. The number of hydrogen-bond donors (Lipinski definition) is 0. The molecule has 184 valence electrons. The minimum Gasteiger partial charge on any atom is -0.465 e. The minimum atomic E-state index is -1.16. The van der Waals surface area contributed by atoms with Crippen molar-refractivity contribution in [3.8, 4) is 0 Å². The highest BCUT2D eigenvalue weighted by atomic mass is 16.6. The second-order valence-electron chi connectivity index (χ2n) is 9.17. The third-order valence-corrected chi connectivity index (χ3v) is 6.49. The molecule has 4 nitrogen and oxygen atoms in total. The largest absolute Gasteiger partial charge is 0.465 e. The smallest absolute Gasteiger partial charge is 0.323 e. The molecular formula is C27H52O4. The number of ether oxygens (including phenoxy) is 2. The van der Waals surface area contributed by atoms with Gasteiger partial charge in [-0.1, -0.05) is 105 Å². The monoisotopic (exact) mass is 440 g/mol. The van der Waals surface area contributed by atoms with Crippen LogP contribution in [0.25, 0.3) is 0 Å². The van der Waals surface area contributed by atoms with E-state index >= 15 is 0 Å². The van der Waals surface area contributed by atoms with E-state index in [9.17, 15) is 9.59 Å². The molecule has 31 heavy (non-hydrogen) atoms. The van der Waals surface area contributed by atoms with E-state index in [4.69, 9.17) is 9.47 Å². The first-order valence-electron chi connectivity index (χ1n) is 13.4. The van der Waals surface area contributed by atoms with Gasteiger partial charge in [-0.3, -0.25) is 9.59 Å². The minimum absolute atomic E-state index is 0.156. The van der Waals surface area contributed by atoms with E-state index in [0.717, 1.165) is 32.1 Å². The van der Waals surface area contributed by atoms with Crippen molar-refractivity contribution in [2.75, 3.05) is 6.61 Å². The summed E-state index contributed by atoms with van der Waals surface area (Å²) in [6, 6.07) is 0. The molecule has 0 aromatic heterocycles. The van der Waals surface area contributed by atoms with Gasteiger partial charge in [-0.05, 0) is 39.0 Å². The SMILES string of the molecule is CCCCCCCCCCCCOC(=O)C(CC)(CC)C(=O)OC(C)CCCCCC. The summed E-state index contributed by atoms with van der Waals surface area (Å²) in [5.41, 5.74) is -1.16. The number of esters is 2.